The molecule has 0 N–H and O–H groups in total. The van der Waals surface area contributed by atoms with Crippen molar-refractivity contribution >= 4 is 5.71 Å². The number of hydrogen-bond donors (Lipinski definition) is 0. The van der Waals surface area contributed by atoms with E-state index in [1.54, 1.807) is 7.11 Å². The normalized spacial score (nSPS) is 32.5. The molecule has 1 aromatic carbocycles. The lowest BCUT2D eigenvalue weighted by molar-refractivity contribution is 0.0323. The first-order valence-electron chi connectivity index (χ1n) is 5.91. The van der Waals surface area contributed by atoms with Crippen LogP contribution in [0, 0.1) is 11.3 Å². The standard InChI is InChI=1S/C14H17NO2/c1-13(2)12-11(15-17-14(12,13)3)9-5-7-10(16-4)8-6-9/h5-8,12H,1-4H3/t12-,14-/m0/s1. The third kappa shape index (κ3) is 1.20. The van der Waals surface area contributed by atoms with Gasteiger partial charge in [0, 0.05) is 11.0 Å². The molecule has 0 spiro atoms. The molecule has 0 amide bonds. The number of rotatable bonds is 2. The minimum Gasteiger partial charge on any atom is -0.497 e. The van der Waals surface area contributed by atoms with Gasteiger partial charge in [-0.2, -0.15) is 0 Å². The van der Waals surface area contributed by atoms with Crippen molar-refractivity contribution in [2.75, 3.05) is 7.11 Å². The molecule has 3 nitrogen and oxygen atoms in total. The maximum absolute atomic E-state index is 5.61. The lowest BCUT2D eigenvalue weighted by Crippen LogP contribution is -2.12. The fourth-order valence-electron chi connectivity index (χ4n) is 2.89. The van der Waals surface area contributed by atoms with Gasteiger partial charge in [-0.15, -0.1) is 0 Å². The molecule has 0 bridgehead atoms. The SMILES string of the molecule is COc1ccc(C2=NO[C@@]3(C)[C@@H]2C3(C)C)cc1. The zero-order chi connectivity index (χ0) is 12.3. The van der Waals surface area contributed by atoms with Crippen molar-refractivity contribution < 1.29 is 9.57 Å². The van der Waals surface area contributed by atoms with Crippen LogP contribution in [0.1, 0.15) is 26.3 Å². The van der Waals surface area contributed by atoms with E-state index in [0.29, 0.717) is 5.92 Å². The molecule has 0 saturated heterocycles. The van der Waals surface area contributed by atoms with Crippen LogP contribution in [0.2, 0.25) is 0 Å². The Labute approximate surface area is 101 Å². The molecular weight excluding hydrogens is 214 g/mol. The van der Waals surface area contributed by atoms with Crippen LogP contribution < -0.4 is 4.74 Å². The van der Waals surface area contributed by atoms with E-state index < -0.39 is 0 Å². The van der Waals surface area contributed by atoms with E-state index in [2.05, 4.69) is 25.9 Å². The molecule has 0 aromatic heterocycles. The van der Waals surface area contributed by atoms with E-state index in [9.17, 15) is 0 Å². The molecule has 1 aromatic rings. The van der Waals surface area contributed by atoms with E-state index in [-0.39, 0.29) is 11.0 Å². The molecule has 2 aliphatic rings. The Morgan fingerprint density at radius 3 is 2.29 bits per heavy atom. The van der Waals surface area contributed by atoms with E-state index in [4.69, 9.17) is 9.57 Å². The summed E-state index contributed by atoms with van der Waals surface area (Å²) in [5, 5.41) is 4.24. The van der Waals surface area contributed by atoms with Crippen LogP contribution in [0.5, 0.6) is 5.75 Å². The molecule has 1 saturated carbocycles. The molecule has 1 heterocycles. The molecule has 1 fully saturated rings. The second-order valence-corrected chi connectivity index (χ2v) is 5.56. The summed E-state index contributed by atoms with van der Waals surface area (Å²) in [6.45, 7) is 6.60. The molecular formula is C14H17NO2. The van der Waals surface area contributed by atoms with Gasteiger partial charge in [-0.25, -0.2) is 0 Å². The van der Waals surface area contributed by atoms with E-state index in [1.165, 1.54) is 0 Å². The Morgan fingerprint density at radius 2 is 1.82 bits per heavy atom. The molecule has 17 heavy (non-hydrogen) atoms. The molecule has 3 heteroatoms. The van der Waals surface area contributed by atoms with Gasteiger partial charge in [0.2, 0.25) is 0 Å². The highest BCUT2D eigenvalue weighted by Gasteiger charge is 2.76. The Bertz CT molecular complexity index is 489. The van der Waals surface area contributed by atoms with Gasteiger partial charge in [-0.1, -0.05) is 19.0 Å². The third-order valence-electron chi connectivity index (χ3n) is 4.46. The van der Waals surface area contributed by atoms with Crippen LogP contribution in [-0.2, 0) is 4.84 Å². The van der Waals surface area contributed by atoms with Gasteiger partial charge in [-0.3, -0.25) is 0 Å². The molecule has 1 aliphatic carbocycles. The van der Waals surface area contributed by atoms with Crippen molar-refractivity contribution in [3.05, 3.63) is 29.8 Å². The Morgan fingerprint density at radius 1 is 1.18 bits per heavy atom. The Kier molecular flexibility index (Phi) is 1.90. The Balaban J connectivity index is 1.92. The minimum absolute atomic E-state index is 0.109. The van der Waals surface area contributed by atoms with Crippen molar-refractivity contribution in [2.24, 2.45) is 16.5 Å². The fourth-order valence-corrected chi connectivity index (χ4v) is 2.89. The van der Waals surface area contributed by atoms with Crippen molar-refractivity contribution in [2.45, 2.75) is 26.4 Å². The Hall–Kier alpha value is -1.51. The number of oxime groups is 1. The largest absolute Gasteiger partial charge is 0.497 e. The molecule has 90 valence electrons. The predicted molar refractivity (Wildman–Crippen MR) is 66.3 cm³/mol. The first-order chi connectivity index (χ1) is 8.00. The first kappa shape index (κ1) is 10.6. The summed E-state index contributed by atoms with van der Waals surface area (Å²) in [7, 11) is 1.67. The molecule has 0 radical (unpaired) electrons. The van der Waals surface area contributed by atoms with Crippen LogP contribution in [0.25, 0.3) is 0 Å². The maximum Gasteiger partial charge on any atom is 0.149 e. The highest BCUT2D eigenvalue weighted by Crippen LogP contribution is 2.67. The van der Waals surface area contributed by atoms with Crippen molar-refractivity contribution in [3.8, 4) is 5.75 Å². The van der Waals surface area contributed by atoms with Crippen LogP contribution in [0.3, 0.4) is 0 Å². The average molecular weight is 231 g/mol. The first-order valence-corrected chi connectivity index (χ1v) is 5.91. The highest BCUT2D eigenvalue weighted by atomic mass is 16.7. The highest BCUT2D eigenvalue weighted by molar-refractivity contribution is 6.06. The van der Waals surface area contributed by atoms with Gasteiger partial charge in [0.05, 0.1) is 18.7 Å². The topological polar surface area (TPSA) is 30.8 Å². The minimum atomic E-state index is -0.109. The van der Waals surface area contributed by atoms with Crippen LogP contribution >= 0.6 is 0 Å². The van der Waals surface area contributed by atoms with Gasteiger partial charge in [0.1, 0.15) is 11.4 Å². The zero-order valence-corrected chi connectivity index (χ0v) is 10.7. The summed E-state index contributed by atoms with van der Waals surface area (Å²) in [6, 6.07) is 8.01. The summed E-state index contributed by atoms with van der Waals surface area (Å²) in [6.07, 6.45) is 0. The fraction of sp³-hybridized carbons (Fsp3) is 0.500. The zero-order valence-electron chi connectivity index (χ0n) is 10.7. The van der Waals surface area contributed by atoms with E-state index in [0.717, 1.165) is 17.0 Å². The van der Waals surface area contributed by atoms with Crippen LogP contribution in [0.15, 0.2) is 29.4 Å². The molecule has 3 rings (SSSR count). The van der Waals surface area contributed by atoms with Crippen molar-refractivity contribution in [1.82, 2.24) is 0 Å². The quantitative estimate of drug-likeness (QED) is 0.783. The molecule has 0 unspecified atom stereocenters. The lowest BCUT2D eigenvalue weighted by atomic mass is 10.0. The monoisotopic (exact) mass is 231 g/mol. The second-order valence-electron chi connectivity index (χ2n) is 5.56. The van der Waals surface area contributed by atoms with Crippen LogP contribution in [0.4, 0.5) is 0 Å². The van der Waals surface area contributed by atoms with Gasteiger partial charge in [0.15, 0.2) is 0 Å². The summed E-state index contributed by atoms with van der Waals surface area (Å²) in [5.74, 6) is 1.27. The summed E-state index contributed by atoms with van der Waals surface area (Å²) in [5.41, 5.74) is 2.27. The summed E-state index contributed by atoms with van der Waals surface area (Å²) in [4.78, 5) is 5.61. The lowest BCUT2D eigenvalue weighted by Gasteiger charge is -2.12. The van der Waals surface area contributed by atoms with Crippen molar-refractivity contribution in [1.29, 1.82) is 0 Å². The number of fused-ring (bicyclic) bond motifs is 1. The second kappa shape index (κ2) is 3.03. The number of ether oxygens (including phenoxy) is 1. The smallest absolute Gasteiger partial charge is 0.149 e. The van der Waals surface area contributed by atoms with E-state index in [1.807, 2.05) is 24.3 Å². The van der Waals surface area contributed by atoms with Gasteiger partial charge >= 0.3 is 0 Å². The summed E-state index contributed by atoms with van der Waals surface area (Å²) < 4.78 is 5.16. The number of methoxy groups -OCH3 is 1. The van der Waals surface area contributed by atoms with Gasteiger partial charge in [0.25, 0.3) is 0 Å². The number of nitrogens with zero attached hydrogens (tertiary/aromatic N) is 1. The number of benzene rings is 1. The average Bonchev–Trinajstić information content (AvgIpc) is 2.64. The van der Waals surface area contributed by atoms with Gasteiger partial charge < -0.3 is 9.57 Å². The molecule has 2 atom stereocenters. The predicted octanol–water partition coefficient (Wildman–Crippen LogP) is 2.84. The van der Waals surface area contributed by atoms with Crippen molar-refractivity contribution in [3.63, 3.8) is 0 Å². The van der Waals surface area contributed by atoms with Gasteiger partial charge in [-0.05, 0) is 31.2 Å². The molecule has 1 aliphatic heterocycles. The van der Waals surface area contributed by atoms with E-state index >= 15 is 0 Å². The summed E-state index contributed by atoms with van der Waals surface area (Å²) >= 11 is 0. The number of hydrogen-bond acceptors (Lipinski definition) is 3. The maximum atomic E-state index is 5.61. The van der Waals surface area contributed by atoms with Crippen LogP contribution in [-0.4, -0.2) is 18.4 Å². The third-order valence-corrected chi connectivity index (χ3v) is 4.46.